The Morgan fingerprint density at radius 3 is 2.73 bits per heavy atom. The zero-order chi connectivity index (χ0) is 11.3. The summed E-state index contributed by atoms with van der Waals surface area (Å²) in [6.45, 7) is 5.42. The van der Waals surface area contributed by atoms with Crippen molar-refractivity contribution < 1.29 is 9.59 Å². The van der Waals surface area contributed by atoms with Crippen molar-refractivity contribution >= 4 is 11.8 Å². The van der Waals surface area contributed by atoms with Gasteiger partial charge in [0.25, 0.3) is 0 Å². The highest BCUT2D eigenvalue weighted by Gasteiger charge is 2.24. The van der Waals surface area contributed by atoms with Gasteiger partial charge in [-0.25, -0.2) is 0 Å². The Labute approximate surface area is 90.4 Å². The normalized spacial score (nSPS) is 17.1. The number of hydrogen-bond acceptors (Lipinski definition) is 3. The van der Waals surface area contributed by atoms with Gasteiger partial charge in [-0.05, 0) is 19.9 Å². The largest absolute Gasteiger partial charge is 0.338 e. The molecule has 1 N–H and O–H groups in total. The van der Waals surface area contributed by atoms with Crippen molar-refractivity contribution in [3.63, 3.8) is 0 Å². The summed E-state index contributed by atoms with van der Waals surface area (Å²) in [4.78, 5) is 26.4. The first-order valence-corrected chi connectivity index (χ1v) is 5.42. The van der Waals surface area contributed by atoms with Crippen molar-refractivity contribution in [1.82, 2.24) is 15.1 Å². The highest BCUT2D eigenvalue weighted by molar-refractivity contribution is 6.34. The molecular formula is C10H19N3O2. The molecule has 0 saturated carbocycles. The lowest BCUT2D eigenvalue weighted by Gasteiger charge is -2.22. The molecule has 0 aliphatic carbocycles. The fourth-order valence-corrected chi connectivity index (χ4v) is 1.49. The van der Waals surface area contributed by atoms with E-state index < -0.39 is 5.91 Å². The third kappa shape index (κ3) is 3.20. The molecule has 0 bridgehead atoms. The Hall–Kier alpha value is -1.10. The van der Waals surface area contributed by atoms with Gasteiger partial charge in [0, 0.05) is 33.2 Å². The van der Waals surface area contributed by atoms with Crippen LogP contribution in [-0.2, 0) is 9.59 Å². The Bertz CT molecular complexity index is 235. The molecule has 0 atom stereocenters. The second-order valence-corrected chi connectivity index (χ2v) is 3.72. The molecule has 0 spiro atoms. The standard InChI is InChI=1S/C10H19N3O2/c1-3-12(2)9(14)10(15)13-7-4-5-11-6-8-13/h11H,3-8H2,1-2H3. The van der Waals surface area contributed by atoms with Crippen LogP contribution in [0.5, 0.6) is 0 Å². The molecule has 1 aliphatic heterocycles. The van der Waals surface area contributed by atoms with Crippen molar-refractivity contribution in [2.24, 2.45) is 0 Å². The zero-order valence-corrected chi connectivity index (χ0v) is 9.45. The SMILES string of the molecule is CCN(C)C(=O)C(=O)N1CCCNCC1. The van der Waals surface area contributed by atoms with Crippen molar-refractivity contribution in [3.8, 4) is 0 Å². The summed E-state index contributed by atoms with van der Waals surface area (Å²) in [6, 6.07) is 0. The van der Waals surface area contributed by atoms with Crippen LogP contribution in [0.1, 0.15) is 13.3 Å². The van der Waals surface area contributed by atoms with Crippen LogP contribution in [0.15, 0.2) is 0 Å². The van der Waals surface area contributed by atoms with Crippen LogP contribution in [0.4, 0.5) is 0 Å². The number of carbonyl (C=O) groups excluding carboxylic acids is 2. The van der Waals surface area contributed by atoms with E-state index in [-0.39, 0.29) is 5.91 Å². The quantitative estimate of drug-likeness (QED) is 0.585. The number of nitrogens with zero attached hydrogens (tertiary/aromatic N) is 2. The van der Waals surface area contributed by atoms with E-state index in [1.807, 2.05) is 6.92 Å². The van der Waals surface area contributed by atoms with E-state index >= 15 is 0 Å². The molecule has 1 aliphatic rings. The lowest BCUT2D eigenvalue weighted by atomic mass is 10.3. The number of likely N-dealkylation sites (N-methyl/N-ethyl adjacent to an activating group) is 1. The van der Waals surface area contributed by atoms with Gasteiger partial charge in [-0.1, -0.05) is 0 Å². The van der Waals surface area contributed by atoms with Gasteiger partial charge in [0.15, 0.2) is 0 Å². The summed E-state index contributed by atoms with van der Waals surface area (Å²) >= 11 is 0. The topological polar surface area (TPSA) is 52.7 Å². The predicted octanol–water partition coefficient (Wildman–Crippen LogP) is -0.713. The van der Waals surface area contributed by atoms with Crippen molar-refractivity contribution in [1.29, 1.82) is 0 Å². The van der Waals surface area contributed by atoms with Crippen LogP contribution >= 0.6 is 0 Å². The second kappa shape index (κ2) is 5.70. The van der Waals surface area contributed by atoms with Crippen LogP contribution in [-0.4, -0.2) is 61.4 Å². The predicted molar refractivity (Wildman–Crippen MR) is 57.4 cm³/mol. The van der Waals surface area contributed by atoms with Crippen LogP contribution in [0, 0.1) is 0 Å². The minimum atomic E-state index is -0.403. The number of carbonyl (C=O) groups is 2. The molecule has 0 aromatic rings. The second-order valence-electron chi connectivity index (χ2n) is 3.72. The third-order valence-electron chi connectivity index (χ3n) is 2.63. The van der Waals surface area contributed by atoms with Gasteiger partial charge in [-0.15, -0.1) is 0 Å². The molecule has 15 heavy (non-hydrogen) atoms. The molecule has 2 amide bonds. The fourth-order valence-electron chi connectivity index (χ4n) is 1.49. The summed E-state index contributed by atoms with van der Waals surface area (Å²) in [7, 11) is 1.65. The minimum Gasteiger partial charge on any atom is -0.338 e. The van der Waals surface area contributed by atoms with E-state index in [1.165, 1.54) is 4.90 Å². The average molecular weight is 213 g/mol. The lowest BCUT2D eigenvalue weighted by Crippen LogP contribution is -2.45. The van der Waals surface area contributed by atoms with Crippen LogP contribution in [0.3, 0.4) is 0 Å². The summed E-state index contributed by atoms with van der Waals surface area (Å²) in [5.74, 6) is -0.776. The van der Waals surface area contributed by atoms with Gasteiger partial charge in [0.05, 0.1) is 0 Å². The lowest BCUT2D eigenvalue weighted by molar-refractivity contribution is -0.150. The van der Waals surface area contributed by atoms with Gasteiger partial charge in [0.2, 0.25) is 0 Å². The molecule has 0 aromatic carbocycles. The van der Waals surface area contributed by atoms with E-state index in [2.05, 4.69) is 5.32 Å². The first-order valence-electron chi connectivity index (χ1n) is 5.42. The molecule has 0 unspecified atom stereocenters. The van der Waals surface area contributed by atoms with Gasteiger partial charge in [-0.2, -0.15) is 0 Å². The monoisotopic (exact) mass is 213 g/mol. The maximum atomic E-state index is 11.8. The van der Waals surface area contributed by atoms with E-state index in [1.54, 1.807) is 11.9 Å². The number of amides is 2. The molecule has 0 aromatic heterocycles. The molecule has 5 nitrogen and oxygen atoms in total. The minimum absolute atomic E-state index is 0.372. The average Bonchev–Trinajstić information content (AvgIpc) is 2.54. The van der Waals surface area contributed by atoms with Crippen LogP contribution in [0.2, 0.25) is 0 Å². The van der Waals surface area contributed by atoms with E-state index in [4.69, 9.17) is 0 Å². The third-order valence-corrected chi connectivity index (χ3v) is 2.63. The number of hydrogen-bond donors (Lipinski definition) is 1. The highest BCUT2D eigenvalue weighted by atomic mass is 16.2. The van der Waals surface area contributed by atoms with Crippen molar-refractivity contribution in [2.75, 3.05) is 39.8 Å². The highest BCUT2D eigenvalue weighted by Crippen LogP contribution is 1.98. The molecule has 5 heteroatoms. The Morgan fingerprint density at radius 2 is 2.07 bits per heavy atom. The van der Waals surface area contributed by atoms with Gasteiger partial charge < -0.3 is 15.1 Å². The summed E-state index contributed by atoms with van der Waals surface area (Å²) < 4.78 is 0. The summed E-state index contributed by atoms with van der Waals surface area (Å²) in [5, 5.41) is 3.20. The van der Waals surface area contributed by atoms with Gasteiger partial charge >= 0.3 is 11.8 Å². The van der Waals surface area contributed by atoms with Crippen LogP contribution in [0.25, 0.3) is 0 Å². The maximum absolute atomic E-state index is 11.8. The van der Waals surface area contributed by atoms with Gasteiger partial charge in [0.1, 0.15) is 0 Å². The number of nitrogens with one attached hydrogen (secondary N) is 1. The van der Waals surface area contributed by atoms with E-state index in [0.29, 0.717) is 19.6 Å². The van der Waals surface area contributed by atoms with E-state index in [9.17, 15) is 9.59 Å². The van der Waals surface area contributed by atoms with Crippen molar-refractivity contribution in [2.45, 2.75) is 13.3 Å². The molecule has 1 rings (SSSR count). The Kier molecular flexibility index (Phi) is 4.55. The molecule has 86 valence electrons. The Balaban J connectivity index is 2.54. The maximum Gasteiger partial charge on any atom is 0.312 e. The summed E-state index contributed by atoms with van der Waals surface area (Å²) in [5.41, 5.74) is 0. The molecule has 1 heterocycles. The Morgan fingerprint density at radius 1 is 1.33 bits per heavy atom. The van der Waals surface area contributed by atoms with Crippen molar-refractivity contribution in [3.05, 3.63) is 0 Å². The molecule has 1 fully saturated rings. The number of rotatable bonds is 1. The molecule has 1 saturated heterocycles. The molecular weight excluding hydrogens is 194 g/mol. The molecule has 0 radical (unpaired) electrons. The zero-order valence-electron chi connectivity index (χ0n) is 9.45. The summed E-state index contributed by atoms with van der Waals surface area (Å²) in [6.07, 6.45) is 0.912. The first-order chi connectivity index (χ1) is 7.16. The fraction of sp³-hybridized carbons (Fsp3) is 0.800. The first kappa shape index (κ1) is 12.0. The van der Waals surface area contributed by atoms with Crippen LogP contribution < -0.4 is 5.32 Å². The van der Waals surface area contributed by atoms with E-state index in [0.717, 1.165) is 19.5 Å². The van der Waals surface area contributed by atoms with Gasteiger partial charge in [-0.3, -0.25) is 9.59 Å². The smallest absolute Gasteiger partial charge is 0.312 e.